The number of benzene rings is 1. The van der Waals surface area contributed by atoms with E-state index in [2.05, 4.69) is 4.72 Å². The maximum atomic E-state index is 11.8. The summed E-state index contributed by atoms with van der Waals surface area (Å²) in [5, 5.41) is 0. The summed E-state index contributed by atoms with van der Waals surface area (Å²) in [7, 11) is -3.23. The number of nitrogens with two attached hydrogens (primary N) is 1. The lowest BCUT2D eigenvalue weighted by atomic mass is 10.1. The van der Waals surface area contributed by atoms with Crippen LogP contribution in [0.4, 0.5) is 5.69 Å². The van der Waals surface area contributed by atoms with E-state index in [0.717, 1.165) is 19.3 Å². The van der Waals surface area contributed by atoms with Crippen LogP contribution in [-0.4, -0.2) is 20.7 Å². The van der Waals surface area contributed by atoms with Crippen LogP contribution in [0.1, 0.15) is 30.4 Å². The zero-order valence-electron chi connectivity index (χ0n) is 10.5. The summed E-state index contributed by atoms with van der Waals surface area (Å²) in [6.07, 6.45) is 4.68. The molecule has 1 aliphatic rings. The van der Waals surface area contributed by atoms with Gasteiger partial charge in [-0.1, -0.05) is 6.07 Å². The number of hydrogen-bond acceptors (Lipinski definition) is 3. The lowest BCUT2D eigenvalue weighted by molar-refractivity contribution is 0.597. The predicted octanol–water partition coefficient (Wildman–Crippen LogP) is 1.66. The van der Waals surface area contributed by atoms with Gasteiger partial charge in [0.1, 0.15) is 0 Å². The van der Waals surface area contributed by atoms with Crippen LogP contribution in [0, 0.1) is 0 Å². The van der Waals surface area contributed by atoms with Crippen LogP contribution in [0.25, 0.3) is 0 Å². The molecule has 0 saturated heterocycles. The van der Waals surface area contributed by atoms with E-state index in [4.69, 9.17) is 5.73 Å². The summed E-state index contributed by atoms with van der Waals surface area (Å²) < 4.78 is 26.3. The minimum absolute atomic E-state index is 0.140. The van der Waals surface area contributed by atoms with E-state index in [1.807, 2.05) is 18.2 Å². The molecule has 0 saturated carbocycles. The Morgan fingerprint density at radius 1 is 1.17 bits per heavy atom. The highest BCUT2D eigenvalue weighted by molar-refractivity contribution is 7.92. The monoisotopic (exact) mass is 268 g/mol. The molecule has 0 spiro atoms. The zero-order valence-corrected chi connectivity index (χ0v) is 11.3. The van der Waals surface area contributed by atoms with Crippen LogP contribution in [0.3, 0.4) is 0 Å². The van der Waals surface area contributed by atoms with E-state index in [1.54, 1.807) is 0 Å². The molecule has 18 heavy (non-hydrogen) atoms. The molecule has 0 radical (unpaired) electrons. The number of nitrogens with one attached hydrogen (secondary N) is 1. The molecule has 0 unspecified atom stereocenters. The first-order chi connectivity index (χ1) is 8.61. The summed E-state index contributed by atoms with van der Waals surface area (Å²) in [6.45, 7) is 0.536. The van der Waals surface area contributed by atoms with Gasteiger partial charge in [0.05, 0.1) is 5.75 Å². The molecule has 0 bridgehead atoms. The molecule has 4 nitrogen and oxygen atoms in total. The number of sulfonamides is 1. The van der Waals surface area contributed by atoms with Crippen LogP contribution in [-0.2, 0) is 22.9 Å². The van der Waals surface area contributed by atoms with Gasteiger partial charge in [-0.25, -0.2) is 8.42 Å². The topological polar surface area (TPSA) is 72.2 Å². The van der Waals surface area contributed by atoms with Gasteiger partial charge in [-0.05, 0) is 61.9 Å². The van der Waals surface area contributed by atoms with Gasteiger partial charge < -0.3 is 5.73 Å². The van der Waals surface area contributed by atoms with Crippen molar-refractivity contribution in [3.05, 3.63) is 29.3 Å². The Morgan fingerprint density at radius 2 is 1.94 bits per heavy atom. The van der Waals surface area contributed by atoms with Gasteiger partial charge in [-0.15, -0.1) is 0 Å². The zero-order chi connectivity index (χ0) is 13.0. The van der Waals surface area contributed by atoms with Gasteiger partial charge in [0.15, 0.2) is 0 Å². The summed E-state index contributed by atoms with van der Waals surface area (Å²) in [6, 6.07) is 5.84. The van der Waals surface area contributed by atoms with Crippen LogP contribution in [0.15, 0.2) is 18.2 Å². The molecule has 1 aromatic carbocycles. The number of hydrogen-bond donors (Lipinski definition) is 2. The standard InChI is InChI=1S/C13H20N2O2S/c14-8-1-2-9-18(16,17)15-13-7-6-11-4-3-5-12(11)10-13/h6-7,10,15H,1-5,8-9,14H2. The number of aryl methyl sites for hydroxylation is 2. The first-order valence-corrected chi connectivity index (χ1v) is 8.08. The SMILES string of the molecule is NCCCCS(=O)(=O)Nc1ccc2c(c1)CCC2. The Labute approximate surface area is 109 Å². The third-order valence-corrected chi connectivity index (χ3v) is 4.61. The molecule has 2 rings (SSSR count). The van der Waals surface area contributed by atoms with E-state index >= 15 is 0 Å². The largest absolute Gasteiger partial charge is 0.330 e. The molecule has 1 aromatic rings. The lowest BCUT2D eigenvalue weighted by Crippen LogP contribution is -2.17. The quantitative estimate of drug-likeness (QED) is 0.771. The summed E-state index contributed by atoms with van der Waals surface area (Å²) in [5.74, 6) is 0.140. The average molecular weight is 268 g/mol. The van der Waals surface area contributed by atoms with Crippen molar-refractivity contribution >= 4 is 15.7 Å². The lowest BCUT2D eigenvalue weighted by Gasteiger charge is -2.09. The molecular formula is C13H20N2O2S. The Balaban J connectivity index is 2.00. The second kappa shape index (κ2) is 5.71. The maximum absolute atomic E-state index is 11.8. The van der Waals surface area contributed by atoms with E-state index in [0.29, 0.717) is 18.7 Å². The number of anilines is 1. The number of fused-ring (bicyclic) bond motifs is 1. The van der Waals surface area contributed by atoms with Gasteiger partial charge in [-0.2, -0.15) is 0 Å². The molecule has 5 heteroatoms. The highest BCUT2D eigenvalue weighted by atomic mass is 32.2. The Kier molecular flexibility index (Phi) is 4.24. The van der Waals surface area contributed by atoms with Gasteiger partial charge in [0, 0.05) is 5.69 Å². The van der Waals surface area contributed by atoms with Crippen LogP contribution in [0.5, 0.6) is 0 Å². The molecule has 0 atom stereocenters. The molecule has 0 amide bonds. The van der Waals surface area contributed by atoms with Gasteiger partial charge in [0.2, 0.25) is 10.0 Å². The Morgan fingerprint density at radius 3 is 2.72 bits per heavy atom. The fourth-order valence-corrected chi connectivity index (χ4v) is 3.47. The van der Waals surface area contributed by atoms with Crippen molar-refractivity contribution in [2.75, 3.05) is 17.0 Å². The maximum Gasteiger partial charge on any atom is 0.232 e. The minimum atomic E-state index is -3.23. The minimum Gasteiger partial charge on any atom is -0.330 e. The average Bonchev–Trinajstić information content (AvgIpc) is 2.75. The van der Waals surface area contributed by atoms with E-state index in [9.17, 15) is 8.42 Å². The van der Waals surface area contributed by atoms with Gasteiger partial charge in [0.25, 0.3) is 0 Å². The number of rotatable bonds is 6. The first-order valence-electron chi connectivity index (χ1n) is 6.43. The highest BCUT2D eigenvalue weighted by Gasteiger charge is 2.14. The van der Waals surface area contributed by atoms with Crippen LogP contribution in [0.2, 0.25) is 0 Å². The van der Waals surface area contributed by atoms with Crippen molar-refractivity contribution in [1.82, 2.24) is 0 Å². The van der Waals surface area contributed by atoms with Crippen LogP contribution >= 0.6 is 0 Å². The van der Waals surface area contributed by atoms with E-state index in [1.165, 1.54) is 17.5 Å². The van der Waals surface area contributed by atoms with Crippen molar-refractivity contribution in [2.45, 2.75) is 32.1 Å². The Hall–Kier alpha value is -1.07. The molecule has 100 valence electrons. The normalized spacial score (nSPS) is 14.5. The molecule has 3 N–H and O–H groups in total. The van der Waals surface area contributed by atoms with Crippen molar-refractivity contribution in [2.24, 2.45) is 5.73 Å². The molecule has 1 aliphatic carbocycles. The second-order valence-corrected chi connectivity index (χ2v) is 6.60. The molecular weight excluding hydrogens is 248 g/mol. The highest BCUT2D eigenvalue weighted by Crippen LogP contribution is 2.25. The predicted molar refractivity (Wildman–Crippen MR) is 74.2 cm³/mol. The van der Waals surface area contributed by atoms with Crippen molar-refractivity contribution < 1.29 is 8.42 Å². The van der Waals surface area contributed by atoms with Crippen molar-refractivity contribution in [1.29, 1.82) is 0 Å². The summed E-state index contributed by atoms with van der Waals surface area (Å²) in [5.41, 5.74) is 8.66. The molecule has 0 fully saturated rings. The van der Waals surface area contributed by atoms with E-state index < -0.39 is 10.0 Å². The Bertz CT molecular complexity index is 512. The van der Waals surface area contributed by atoms with Crippen molar-refractivity contribution in [3.63, 3.8) is 0 Å². The van der Waals surface area contributed by atoms with E-state index in [-0.39, 0.29) is 5.75 Å². The first kappa shape index (κ1) is 13.4. The number of unbranched alkanes of at least 4 members (excludes halogenated alkanes) is 1. The van der Waals surface area contributed by atoms with Crippen LogP contribution < -0.4 is 10.5 Å². The summed E-state index contributed by atoms with van der Waals surface area (Å²) >= 11 is 0. The van der Waals surface area contributed by atoms with Gasteiger partial charge >= 0.3 is 0 Å². The molecule has 0 aliphatic heterocycles. The molecule has 0 heterocycles. The van der Waals surface area contributed by atoms with Gasteiger partial charge in [-0.3, -0.25) is 4.72 Å². The smallest absolute Gasteiger partial charge is 0.232 e. The third-order valence-electron chi connectivity index (χ3n) is 3.24. The fourth-order valence-electron chi connectivity index (χ4n) is 2.30. The summed E-state index contributed by atoms with van der Waals surface area (Å²) in [4.78, 5) is 0. The molecule has 0 aromatic heterocycles. The fraction of sp³-hybridized carbons (Fsp3) is 0.538. The second-order valence-electron chi connectivity index (χ2n) is 4.75. The van der Waals surface area contributed by atoms with Crippen molar-refractivity contribution in [3.8, 4) is 0 Å². The third kappa shape index (κ3) is 3.46.